The fourth-order valence-electron chi connectivity index (χ4n) is 2.00. The number of nitrogens with one attached hydrogen (secondary N) is 1. The van der Waals surface area contributed by atoms with Gasteiger partial charge in [0.25, 0.3) is 0 Å². The highest BCUT2D eigenvalue weighted by Crippen LogP contribution is 2.25. The average molecular weight is 270 g/mol. The number of hydrogen-bond donors (Lipinski definition) is 2. The van der Waals surface area contributed by atoms with Gasteiger partial charge in [0.2, 0.25) is 0 Å². The summed E-state index contributed by atoms with van der Waals surface area (Å²) in [6.45, 7) is 0.844. The predicted octanol–water partition coefficient (Wildman–Crippen LogP) is 1.82. The van der Waals surface area contributed by atoms with Crippen molar-refractivity contribution in [2.45, 2.75) is 5.92 Å². The number of rotatable bonds is 6. The van der Waals surface area contributed by atoms with Gasteiger partial charge in [-0.3, -0.25) is 0 Å². The molecule has 0 fully saturated rings. The lowest BCUT2D eigenvalue weighted by atomic mass is 9.91. The first-order chi connectivity index (χ1) is 9.83. The summed E-state index contributed by atoms with van der Waals surface area (Å²) in [6.07, 6.45) is 0. The normalized spacial score (nSPS) is 10.5. The Bertz CT molecular complexity index is 489. The molecule has 0 aliphatic carbocycles. The molecule has 20 heavy (non-hydrogen) atoms. The van der Waals surface area contributed by atoms with Gasteiger partial charge in [0.05, 0.1) is 0 Å². The summed E-state index contributed by atoms with van der Waals surface area (Å²) >= 11 is 0. The molecule has 0 unspecified atom stereocenters. The highest BCUT2D eigenvalue weighted by atomic mass is 16.7. The van der Waals surface area contributed by atoms with Crippen LogP contribution in [0.3, 0.4) is 0 Å². The van der Waals surface area contributed by atoms with Gasteiger partial charge in [0.1, 0.15) is 5.92 Å². The van der Waals surface area contributed by atoms with E-state index in [1.807, 2.05) is 60.7 Å². The molecule has 3 N–H and O–H groups in total. The molecule has 0 aliphatic heterocycles. The molecular weight excluding hydrogens is 252 g/mol. The van der Waals surface area contributed by atoms with Gasteiger partial charge in [-0.1, -0.05) is 60.7 Å². The smallest absolute Gasteiger partial charge is 0.336 e. The van der Waals surface area contributed by atoms with Gasteiger partial charge in [-0.2, -0.15) is 5.48 Å². The predicted molar refractivity (Wildman–Crippen MR) is 77.9 cm³/mol. The third kappa shape index (κ3) is 3.66. The van der Waals surface area contributed by atoms with Crippen LogP contribution in [0.1, 0.15) is 17.0 Å². The summed E-state index contributed by atoms with van der Waals surface area (Å²) in [6, 6.07) is 19.1. The van der Waals surface area contributed by atoms with Crippen molar-refractivity contribution in [2.75, 3.05) is 13.1 Å². The molecular formula is C16H18N2O2. The van der Waals surface area contributed by atoms with Crippen LogP contribution in [0.2, 0.25) is 0 Å². The third-order valence-electron chi connectivity index (χ3n) is 2.92. The number of benzene rings is 2. The second-order valence-corrected chi connectivity index (χ2v) is 4.36. The number of hydrogen-bond acceptors (Lipinski definition) is 4. The van der Waals surface area contributed by atoms with Crippen LogP contribution in [0.25, 0.3) is 0 Å². The molecule has 104 valence electrons. The molecule has 0 aromatic heterocycles. The van der Waals surface area contributed by atoms with Crippen LogP contribution in [0, 0.1) is 0 Å². The topological polar surface area (TPSA) is 64.3 Å². The van der Waals surface area contributed by atoms with Gasteiger partial charge in [-0.25, -0.2) is 4.79 Å². The molecule has 0 saturated carbocycles. The highest BCUT2D eigenvalue weighted by molar-refractivity contribution is 5.82. The molecule has 0 amide bonds. The molecule has 2 aromatic carbocycles. The van der Waals surface area contributed by atoms with Gasteiger partial charge < -0.3 is 10.6 Å². The zero-order valence-electron chi connectivity index (χ0n) is 11.2. The molecule has 0 spiro atoms. The Labute approximate surface area is 118 Å². The molecule has 0 saturated heterocycles. The molecule has 4 nitrogen and oxygen atoms in total. The van der Waals surface area contributed by atoms with Crippen LogP contribution >= 0.6 is 0 Å². The number of carbonyl (C=O) groups is 1. The average Bonchev–Trinajstić information content (AvgIpc) is 2.50. The van der Waals surface area contributed by atoms with Gasteiger partial charge in [0, 0.05) is 13.1 Å². The maximum absolute atomic E-state index is 12.3. The van der Waals surface area contributed by atoms with Crippen molar-refractivity contribution in [2.24, 2.45) is 5.73 Å². The first-order valence-corrected chi connectivity index (χ1v) is 6.56. The number of carbonyl (C=O) groups excluding carboxylic acids is 1. The molecule has 4 heteroatoms. The van der Waals surface area contributed by atoms with Crippen molar-refractivity contribution in [1.29, 1.82) is 0 Å². The Balaban J connectivity index is 2.23. The monoisotopic (exact) mass is 270 g/mol. The quantitative estimate of drug-likeness (QED) is 0.621. The van der Waals surface area contributed by atoms with Crippen LogP contribution in [-0.2, 0) is 9.63 Å². The van der Waals surface area contributed by atoms with Crippen molar-refractivity contribution in [3.05, 3.63) is 71.8 Å². The summed E-state index contributed by atoms with van der Waals surface area (Å²) in [5, 5.41) is 0. The maximum Gasteiger partial charge on any atom is 0.336 e. The van der Waals surface area contributed by atoms with E-state index in [0.717, 1.165) is 11.1 Å². The minimum atomic E-state index is -0.442. The molecule has 0 heterocycles. The fraction of sp³-hybridized carbons (Fsp3) is 0.188. The fourth-order valence-corrected chi connectivity index (χ4v) is 2.00. The van der Waals surface area contributed by atoms with Crippen molar-refractivity contribution in [1.82, 2.24) is 5.48 Å². The number of nitrogens with two attached hydrogens (primary N) is 1. The van der Waals surface area contributed by atoms with Crippen LogP contribution in [0.5, 0.6) is 0 Å². The lowest BCUT2D eigenvalue weighted by molar-refractivity contribution is -0.151. The lowest BCUT2D eigenvalue weighted by Gasteiger charge is -2.16. The van der Waals surface area contributed by atoms with Crippen LogP contribution in [0.4, 0.5) is 0 Å². The van der Waals surface area contributed by atoms with E-state index in [2.05, 4.69) is 5.48 Å². The van der Waals surface area contributed by atoms with Gasteiger partial charge in [-0.05, 0) is 11.1 Å². The maximum atomic E-state index is 12.3. The molecule has 0 bridgehead atoms. The first kappa shape index (κ1) is 14.2. The van der Waals surface area contributed by atoms with Crippen molar-refractivity contribution in [3.63, 3.8) is 0 Å². The number of hydroxylamine groups is 1. The molecule has 0 radical (unpaired) electrons. The van der Waals surface area contributed by atoms with Crippen LogP contribution in [-0.4, -0.2) is 19.1 Å². The van der Waals surface area contributed by atoms with Crippen molar-refractivity contribution in [3.8, 4) is 0 Å². The Kier molecular flexibility index (Phi) is 5.29. The molecule has 2 aromatic rings. The summed E-state index contributed by atoms with van der Waals surface area (Å²) in [7, 11) is 0. The first-order valence-electron chi connectivity index (χ1n) is 6.56. The Morgan fingerprint density at radius 3 is 1.95 bits per heavy atom. The van der Waals surface area contributed by atoms with E-state index in [1.54, 1.807) is 0 Å². The minimum Gasteiger partial charge on any atom is -0.370 e. The Hall–Kier alpha value is -2.17. The summed E-state index contributed by atoms with van der Waals surface area (Å²) in [4.78, 5) is 17.4. The zero-order chi connectivity index (χ0) is 14.2. The molecule has 0 atom stereocenters. The Morgan fingerprint density at radius 1 is 1.00 bits per heavy atom. The lowest BCUT2D eigenvalue weighted by Crippen LogP contribution is -2.29. The Morgan fingerprint density at radius 2 is 1.50 bits per heavy atom. The zero-order valence-corrected chi connectivity index (χ0v) is 11.2. The molecule has 2 rings (SSSR count). The van der Waals surface area contributed by atoms with E-state index in [9.17, 15) is 4.79 Å². The van der Waals surface area contributed by atoms with E-state index in [4.69, 9.17) is 10.6 Å². The van der Waals surface area contributed by atoms with Crippen molar-refractivity contribution < 1.29 is 9.63 Å². The standard InChI is InChI=1S/C16H18N2O2/c17-11-12-18-20-16(19)15(13-7-3-1-4-8-13)14-9-5-2-6-10-14/h1-10,15,18H,11-12,17H2. The summed E-state index contributed by atoms with van der Waals surface area (Å²) < 4.78 is 0. The summed E-state index contributed by atoms with van der Waals surface area (Å²) in [5.74, 6) is -0.779. The van der Waals surface area contributed by atoms with Crippen LogP contribution < -0.4 is 11.2 Å². The van der Waals surface area contributed by atoms with Crippen molar-refractivity contribution >= 4 is 5.97 Å². The van der Waals surface area contributed by atoms with Gasteiger partial charge in [-0.15, -0.1) is 0 Å². The second kappa shape index (κ2) is 7.43. The van der Waals surface area contributed by atoms with E-state index >= 15 is 0 Å². The third-order valence-corrected chi connectivity index (χ3v) is 2.92. The van der Waals surface area contributed by atoms with E-state index in [0.29, 0.717) is 13.1 Å². The van der Waals surface area contributed by atoms with E-state index < -0.39 is 5.92 Å². The van der Waals surface area contributed by atoms with E-state index in [1.165, 1.54) is 0 Å². The largest absolute Gasteiger partial charge is 0.370 e. The SMILES string of the molecule is NCCNOC(=O)C(c1ccccc1)c1ccccc1. The second-order valence-electron chi connectivity index (χ2n) is 4.36. The van der Waals surface area contributed by atoms with Crippen LogP contribution in [0.15, 0.2) is 60.7 Å². The van der Waals surface area contributed by atoms with Gasteiger partial charge >= 0.3 is 5.97 Å². The summed E-state index contributed by atoms with van der Waals surface area (Å²) in [5.41, 5.74) is 9.74. The molecule has 0 aliphatic rings. The minimum absolute atomic E-state index is 0.337. The van der Waals surface area contributed by atoms with Gasteiger partial charge in [0.15, 0.2) is 0 Å². The van der Waals surface area contributed by atoms with E-state index in [-0.39, 0.29) is 5.97 Å². The highest BCUT2D eigenvalue weighted by Gasteiger charge is 2.24.